The number of nitrogens with zero attached hydrogens (tertiary/aromatic N) is 6. The highest BCUT2D eigenvalue weighted by molar-refractivity contribution is 7.20. The van der Waals surface area contributed by atoms with Gasteiger partial charge in [-0.2, -0.15) is 0 Å². The molecule has 1 amide bonds. The van der Waals surface area contributed by atoms with Crippen molar-refractivity contribution in [2.24, 2.45) is 0 Å². The summed E-state index contributed by atoms with van der Waals surface area (Å²) < 4.78 is 2.86. The number of hydrogen-bond acceptors (Lipinski definition) is 6. The average Bonchev–Trinajstić information content (AvgIpc) is 3.26. The highest BCUT2D eigenvalue weighted by Gasteiger charge is 2.25. The summed E-state index contributed by atoms with van der Waals surface area (Å²) in [4.78, 5) is 29.5. The van der Waals surface area contributed by atoms with Gasteiger partial charge in [-0.1, -0.05) is 23.2 Å². The second-order valence-corrected chi connectivity index (χ2v) is 8.38. The number of aromatic nitrogens is 4. The number of rotatable bonds is 3. The molecule has 4 rings (SSSR count). The van der Waals surface area contributed by atoms with E-state index in [-0.39, 0.29) is 5.91 Å². The van der Waals surface area contributed by atoms with Crippen LogP contribution in [0.25, 0.3) is 5.82 Å². The Bertz CT molecular complexity index is 979. The van der Waals surface area contributed by atoms with Crippen LogP contribution in [0.1, 0.15) is 16.2 Å². The van der Waals surface area contributed by atoms with E-state index in [1.807, 2.05) is 23.8 Å². The first-order valence-corrected chi connectivity index (χ1v) is 9.91. The van der Waals surface area contributed by atoms with Gasteiger partial charge in [-0.25, -0.2) is 15.0 Å². The van der Waals surface area contributed by atoms with Crippen molar-refractivity contribution in [3.63, 3.8) is 0 Å². The van der Waals surface area contributed by atoms with E-state index < -0.39 is 0 Å². The predicted molar refractivity (Wildman–Crippen MR) is 106 cm³/mol. The number of hydrogen-bond donors (Lipinski definition) is 0. The molecule has 10 heteroatoms. The minimum atomic E-state index is -0.0831. The van der Waals surface area contributed by atoms with Gasteiger partial charge in [0, 0.05) is 44.6 Å². The van der Waals surface area contributed by atoms with Crippen LogP contribution in [0.4, 0.5) is 5.82 Å². The molecule has 140 valence electrons. The molecule has 3 aromatic rings. The number of anilines is 1. The van der Waals surface area contributed by atoms with Gasteiger partial charge in [-0.3, -0.25) is 9.36 Å². The molecule has 0 aliphatic carbocycles. The van der Waals surface area contributed by atoms with Crippen LogP contribution in [0.5, 0.6) is 0 Å². The fraction of sp³-hybridized carbons (Fsp3) is 0.294. The Morgan fingerprint density at radius 1 is 1.07 bits per heavy atom. The molecule has 0 N–H and O–H groups in total. The fourth-order valence-corrected chi connectivity index (χ4v) is 4.50. The molecule has 0 saturated carbocycles. The van der Waals surface area contributed by atoms with Crippen molar-refractivity contribution in [2.45, 2.75) is 6.92 Å². The Balaban J connectivity index is 1.46. The van der Waals surface area contributed by atoms with Crippen LogP contribution in [0.3, 0.4) is 0 Å². The second-order valence-electron chi connectivity index (χ2n) is 6.10. The zero-order chi connectivity index (χ0) is 19.0. The van der Waals surface area contributed by atoms with Crippen molar-refractivity contribution >= 4 is 46.3 Å². The Kier molecular flexibility index (Phi) is 5.03. The first-order chi connectivity index (χ1) is 13.0. The van der Waals surface area contributed by atoms with Crippen molar-refractivity contribution in [1.29, 1.82) is 0 Å². The molecule has 0 aromatic carbocycles. The monoisotopic (exact) mass is 422 g/mol. The molecule has 0 bridgehead atoms. The number of halogens is 2. The Morgan fingerprint density at radius 2 is 1.81 bits per heavy atom. The molecule has 0 radical (unpaired) electrons. The number of carbonyl (C=O) groups excluding carboxylic acids is 1. The van der Waals surface area contributed by atoms with E-state index in [1.165, 1.54) is 11.3 Å². The molecule has 0 unspecified atom stereocenters. The van der Waals surface area contributed by atoms with E-state index in [4.69, 9.17) is 23.2 Å². The molecule has 0 atom stereocenters. The maximum absolute atomic E-state index is 12.7. The summed E-state index contributed by atoms with van der Waals surface area (Å²) in [5.41, 5.74) is 0.472. The lowest BCUT2D eigenvalue weighted by molar-refractivity contribution is 0.0747. The summed E-state index contributed by atoms with van der Waals surface area (Å²) >= 11 is 13.3. The van der Waals surface area contributed by atoms with Gasteiger partial charge in [0.2, 0.25) is 0 Å². The summed E-state index contributed by atoms with van der Waals surface area (Å²) in [5.74, 6) is 2.38. The molecule has 3 aromatic heterocycles. The van der Waals surface area contributed by atoms with Crippen LogP contribution in [0.15, 0.2) is 30.9 Å². The second kappa shape index (κ2) is 7.46. The van der Waals surface area contributed by atoms with Gasteiger partial charge in [0.1, 0.15) is 28.1 Å². The number of carbonyl (C=O) groups is 1. The third-order valence-electron chi connectivity index (χ3n) is 4.49. The van der Waals surface area contributed by atoms with Crippen LogP contribution in [0, 0.1) is 6.92 Å². The molecule has 0 spiro atoms. The molecular formula is C17H16Cl2N6OS. The van der Waals surface area contributed by atoms with Crippen molar-refractivity contribution < 1.29 is 4.79 Å². The topological polar surface area (TPSA) is 67.2 Å². The zero-order valence-corrected chi connectivity index (χ0v) is 16.8. The van der Waals surface area contributed by atoms with Crippen LogP contribution < -0.4 is 4.90 Å². The first-order valence-electron chi connectivity index (χ1n) is 8.34. The summed E-state index contributed by atoms with van der Waals surface area (Å²) in [6, 6.07) is 3.56. The first kappa shape index (κ1) is 18.2. The van der Waals surface area contributed by atoms with Crippen molar-refractivity contribution in [1.82, 2.24) is 24.4 Å². The summed E-state index contributed by atoms with van der Waals surface area (Å²) in [6.07, 6.45) is 5.16. The maximum atomic E-state index is 12.7. The van der Waals surface area contributed by atoms with Gasteiger partial charge >= 0.3 is 0 Å². The minimum Gasteiger partial charge on any atom is -0.353 e. The third kappa shape index (κ3) is 3.65. The maximum Gasteiger partial charge on any atom is 0.256 e. The molecular weight excluding hydrogens is 407 g/mol. The Morgan fingerprint density at radius 3 is 2.44 bits per heavy atom. The minimum absolute atomic E-state index is 0.0831. The van der Waals surface area contributed by atoms with E-state index in [1.54, 1.807) is 23.5 Å². The van der Waals surface area contributed by atoms with E-state index in [0.29, 0.717) is 40.4 Å². The lowest BCUT2D eigenvalue weighted by Crippen LogP contribution is -2.49. The molecule has 27 heavy (non-hydrogen) atoms. The van der Waals surface area contributed by atoms with E-state index in [2.05, 4.69) is 19.9 Å². The van der Waals surface area contributed by atoms with Crippen LogP contribution in [-0.2, 0) is 0 Å². The van der Waals surface area contributed by atoms with Gasteiger partial charge in [-0.05, 0) is 13.0 Å². The standard InChI is InChI=1S/C17H16Cl2N6OS/c1-11-20-2-3-25(11)15-9-14(21-10-22-15)23-4-6-24(7-5-23)17(26)12-8-13(18)27-16(12)19/h2-3,8-10H,4-7H2,1H3. The molecule has 4 heterocycles. The number of piperazine rings is 1. The van der Waals surface area contributed by atoms with E-state index >= 15 is 0 Å². The van der Waals surface area contributed by atoms with Gasteiger partial charge < -0.3 is 9.80 Å². The average molecular weight is 423 g/mol. The number of aryl methyl sites for hydroxylation is 1. The molecule has 7 nitrogen and oxygen atoms in total. The summed E-state index contributed by atoms with van der Waals surface area (Å²) in [5, 5.41) is 0. The molecule has 1 saturated heterocycles. The van der Waals surface area contributed by atoms with Crippen LogP contribution in [-0.4, -0.2) is 56.5 Å². The highest BCUT2D eigenvalue weighted by atomic mass is 35.5. The van der Waals surface area contributed by atoms with Gasteiger partial charge in [0.05, 0.1) is 9.90 Å². The van der Waals surface area contributed by atoms with E-state index in [0.717, 1.165) is 17.5 Å². The Hall–Kier alpha value is -2.16. The van der Waals surface area contributed by atoms with Crippen molar-refractivity contribution in [2.75, 3.05) is 31.1 Å². The lowest BCUT2D eigenvalue weighted by atomic mass is 10.2. The SMILES string of the molecule is Cc1nccn1-c1cc(N2CCN(C(=O)c3cc(Cl)sc3Cl)CC2)ncn1. The highest BCUT2D eigenvalue weighted by Crippen LogP contribution is 2.32. The molecule has 1 fully saturated rings. The van der Waals surface area contributed by atoms with Crippen molar-refractivity contribution in [3.8, 4) is 5.82 Å². The molecule has 1 aliphatic rings. The third-order valence-corrected chi connectivity index (χ3v) is 5.98. The fourth-order valence-electron chi connectivity index (χ4n) is 3.06. The normalized spacial score (nSPS) is 14.6. The van der Waals surface area contributed by atoms with E-state index in [9.17, 15) is 4.79 Å². The number of amides is 1. The zero-order valence-electron chi connectivity index (χ0n) is 14.5. The van der Waals surface area contributed by atoms with Crippen molar-refractivity contribution in [3.05, 3.63) is 50.9 Å². The molecule has 1 aliphatic heterocycles. The quantitative estimate of drug-likeness (QED) is 0.647. The lowest BCUT2D eigenvalue weighted by Gasteiger charge is -2.35. The number of thiophene rings is 1. The smallest absolute Gasteiger partial charge is 0.256 e. The summed E-state index contributed by atoms with van der Waals surface area (Å²) in [6.45, 7) is 4.47. The van der Waals surface area contributed by atoms with Gasteiger partial charge in [0.15, 0.2) is 0 Å². The Labute approximate surface area is 170 Å². The van der Waals surface area contributed by atoms with Crippen LogP contribution >= 0.6 is 34.5 Å². The van der Waals surface area contributed by atoms with Gasteiger partial charge in [0.25, 0.3) is 5.91 Å². The largest absolute Gasteiger partial charge is 0.353 e. The van der Waals surface area contributed by atoms with Crippen LogP contribution in [0.2, 0.25) is 8.67 Å². The predicted octanol–water partition coefficient (Wildman–Crippen LogP) is 3.30. The van der Waals surface area contributed by atoms with Gasteiger partial charge in [-0.15, -0.1) is 11.3 Å². The number of imidazole rings is 1. The summed E-state index contributed by atoms with van der Waals surface area (Å²) in [7, 11) is 0.